The van der Waals surface area contributed by atoms with Crippen molar-refractivity contribution in [3.8, 4) is 11.3 Å². The van der Waals surface area contributed by atoms with Crippen LogP contribution in [0.15, 0.2) is 35.4 Å². The molecule has 0 spiro atoms. The van der Waals surface area contributed by atoms with Crippen LogP contribution in [0.2, 0.25) is 0 Å². The van der Waals surface area contributed by atoms with Crippen LogP contribution in [0.5, 0.6) is 0 Å². The van der Waals surface area contributed by atoms with Gasteiger partial charge in [0.05, 0.1) is 16.8 Å². The molecule has 0 aliphatic carbocycles. The van der Waals surface area contributed by atoms with Gasteiger partial charge in [0, 0.05) is 17.7 Å². The molecule has 3 N–H and O–H groups in total. The zero-order valence-electron chi connectivity index (χ0n) is 8.90. The van der Waals surface area contributed by atoms with Crippen LogP contribution in [0.4, 0.5) is 5.69 Å². The van der Waals surface area contributed by atoms with E-state index >= 15 is 0 Å². The fourth-order valence-corrected chi connectivity index (χ4v) is 2.10. The van der Waals surface area contributed by atoms with Crippen LogP contribution in [0.3, 0.4) is 0 Å². The molecule has 2 rings (SSSR count). The van der Waals surface area contributed by atoms with E-state index in [1.54, 1.807) is 0 Å². The summed E-state index contributed by atoms with van der Waals surface area (Å²) in [6.07, 6.45) is 1.09. The van der Waals surface area contributed by atoms with Gasteiger partial charge >= 0.3 is 0 Å². The molecule has 94 valence electrons. The van der Waals surface area contributed by atoms with Gasteiger partial charge in [-0.05, 0) is 12.1 Å². The summed E-state index contributed by atoms with van der Waals surface area (Å²) < 4.78 is 22.5. The largest absolute Gasteiger partial charge is 0.276 e. The predicted molar refractivity (Wildman–Crippen MR) is 62.1 cm³/mol. The van der Waals surface area contributed by atoms with Crippen molar-refractivity contribution < 1.29 is 13.3 Å². The zero-order chi connectivity index (χ0) is 13.3. The molecule has 9 heteroatoms. The molecule has 1 aromatic heterocycles. The Labute approximate surface area is 102 Å². The highest BCUT2D eigenvalue weighted by Crippen LogP contribution is 2.25. The minimum Gasteiger partial charge on any atom is -0.276 e. The number of rotatable bonds is 3. The number of nitro benzene ring substituents is 1. The Kier molecular flexibility index (Phi) is 2.85. The molecular weight excluding hydrogens is 260 g/mol. The van der Waals surface area contributed by atoms with E-state index in [1.807, 2.05) is 0 Å². The maximum absolute atomic E-state index is 11.3. The number of nitro groups is 1. The average molecular weight is 268 g/mol. The monoisotopic (exact) mass is 268 g/mol. The van der Waals surface area contributed by atoms with Crippen molar-refractivity contribution in [2.45, 2.75) is 4.90 Å². The molecule has 0 unspecified atom stereocenters. The lowest BCUT2D eigenvalue weighted by Crippen LogP contribution is -2.12. The summed E-state index contributed by atoms with van der Waals surface area (Å²) in [5.41, 5.74) is 0.560. The molecule has 0 fully saturated rings. The first-order valence-electron chi connectivity index (χ1n) is 4.70. The van der Waals surface area contributed by atoms with E-state index in [9.17, 15) is 18.5 Å². The standard InChI is InChI=1S/C9H8N4O4S/c10-18(16,17)8-5-11-12-9(8)6-1-3-7(4-2-6)13(14)15/h1-5H,(H,11,12)(H2,10,16,17). The summed E-state index contributed by atoms with van der Waals surface area (Å²) >= 11 is 0. The molecule has 18 heavy (non-hydrogen) atoms. The summed E-state index contributed by atoms with van der Waals surface area (Å²) in [7, 11) is -3.89. The summed E-state index contributed by atoms with van der Waals surface area (Å²) in [5.74, 6) is 0. The first kappa shape index (κ1) is 12.2. The number of nitrogens with two attached hydrogens (primary N) is 1. The van der Waals surface area contributed by atoms with Crippen molar-refractivity contribution in [2.24, 2.45) is 5.14 Å². The van der Waals surface area contributed by atoms with Crippen molar-refractivity contribution in [1.29, 1.82) is 0 Å². The summed E-state index contributed by atoms with van der Waals surface area (Å²) in [5, 5.41) is 21.6. The number of sulfonamides is 1. The molecule has 0 atom stereocenters. The molecular formula is C9H8N4O4S. The quantitative estimate of drug-likeness (QED) is 0.622. The highest BCUT2D eigenvalue weighted by Gasteiger charge is 2.18. The molecule has 0 aliphatic heterocycles. The van der Waals surface area contributed by atoms with E-state index in [4.69, 9.17) is 5.14 Å². The Bertz CT molecular complexity index is 690. The second-order valence-electron chi connectivity index (χ2n) is 3.46. The first-order valence-corrected chi connectivity index (χ1v) is 6.25. The van der Waals surface area contributed by atoms with E-state index in [0.717, 1.165) is 6.20 Å². The number of hydrogen-bond donors (Lipinski definition) is 2. The number of aromatic amines is 1. The number of benzene rings is 1. The lowest BCUT2D eigenvalue weighted by molar-refractivity contribution is -0.384. The van der Waals surface area contributed by atoms with Gasteiger partial charge in [0.1, 0.15) is 4.90 Å². The lowest BCUT2D eigenvalue weighted by Gasteiger charge is -2.00. The van der Waals surface area contributed by atoms with Gasteiger partial charge in [-0.15, -0.1) is 0 Å². The maximum Gasteiger partial charge on any atom is 0.269 e. The average Bonchev–Trinajstić information content (AvgIpc) is 2.77. The fourth-order valence-electron chi connectivity index (χ4n) is 1.45. The fraction of sp³-hybridized carbons (Fsp3) is 0. The molecule has 0 bridgehead atoms. The number of nitrogens with one attached hydrogen (secondary N) is 1. The summed E-state index contributed by atoms with van der Waals surface area (Å²) in [6, 6.07) is 5.37. The molecule has 0 saturated heterocycles. The van der Waals surface area contributed by atoms with E-state index in [0.29, 0.717) is 5.56 Å². The van der Waals surface area contributed by atoms with Crippen LogP contribution in [0, 0.1) is 10.1 Å². The van der Waals surface area contributed by atoms with E-state index < -0.39 is 14.9 Å². The molecule has 2 aromatic rings. The van der Waals surface area contributed by atoms with E-state index in [-0.39, 0.29) is 16.3 Å². The normalized spacial score (nSPS) is 11.4. The van der Waals surface area contributed by atoms with Gasteiger partial charge in [0.2, 0.25) is 10.0 Å². The lowest BCUT2D eigenvalue weighted by atomic mass is 10.1. The smallest absolute Gasteiger partial charge is 0.269 e. The van der Waals surface area contributed by atoms with Gasteiger partial charge in [0.15, 0.2) is 0 Å². The SMILES string of the molecule is NS(=O)(=O)c1cn[nH]c1-c1ccc([N+](=O)[O-])cc1. The van der Waals surface area contributed by atoms with Crippen molar-refractivity contribution in [3.63, 3.8) is 0 Å². The summed E-state index contributed by atoms with van der Waals surface area (Å²) in [6.45, 7) is 0. The van der Waals surface area contributed by atoms with Crippen LogP contribution >= 0.6 is 0 Å². The Morgan fingerprint density at radius 1 is 1.28 bits per heavy atom. The zero-order valence-corrected chi connectivity index (χ0v) is 9.72. The number of aromatic nitrogens is 2. The number of primary sulfonamides is 1. The first-order chi connectivity index (χ1) is 8.39. The van der Waals surface area contributed by atoms with Crippen LogP contribution in [0.25, 0.3) is 11.3 Å². The molecule has 0 radical (unpaired) electrons. The third kappa shape index (κ3) is 2.21. The van der Waals surface area contributed by atoms with Gasteiger partial charge in [-0.1, -0.05) is 0 Å². The van der Waals surface area contributed by atoms with Crippen LogP contribution in [-0.2, 0) is 10.0 Å². The number of nitrogens with zero attached hydrogens (tertiary/aromatic N) is 2. The highest BCUT2D eigenvalue weighted by molar-refractivity contribution is 7.89. The third-order valence-corrected chi connectivity index (χ3v) is 3.20. The maximum atomic E-state index is 11.3. The molecule has 0 amide bonds. The minimum atomic E-state index is -3.89. The van der Waals surface area contributed by atoms with Gasteiger partial charge in [-0.2, -0.15) is 5.10 Å². The second-order valence-corrected chi connectivity index (χ2v) is 4.99. The third-order valence-electron chi connectivity index (χ3n) is 2.28. The van der Waals surface area contributed by atoms with Crippen LogP contribution in [-0.4, -0.2) is 23.5 Å². The van der Waals surface area contributed by atoms with Crippen LogP contribution < -0.4 is 5.14 Å². The summed E-state index contributed by atoms with van der Waals surface area (Å²) in [4.78, 5) is 9.79. The Balaban J connectivity index is 2.50. The number of H-pyrrole nitrogens is 1. The van der Waals surface area contributed by atoms with Crippen LogP contribution in [0.1, 0.15) is 0 Å². The van der Waals surface area contributed by atoms with Crippen molar-refractivity contribution in [1.82, 2.24) is 10.2 Å². The highest BCUT2D eigenvalue weighted by atomic mass is 32.2. The van der Waals surface area contributed by atoms with E-state index in [2.05, 4.69) is 10.2 Å². The molecule has 0 aliphatic rings. The molecule has 8 nitrogen and oxygen atoms in total. The molecule has 1 aromatic carbocycles. The molecule has 0 saturated carbocycles. The number of hydrogen-bond acceptors (Lipinski definition) is 5. The Morgan fingerprint density at radius 3 is 2.39 bits per heavy atom. The topological polar surface area (TPSA) is 132 Å². The van der Waals surface area contributed by atoms with Gasteiger partial charge in [0.25, 0.3) is 5.69 Å². The van der Waals surface area contributed by atoms with Gasteiger partial charge in [-0.3, -0.25) is 15.2 Å². The van der Waals surface area contributed by atoms with Crippen molar-refractivity contribution >= 4 is 15.7 Å². The van der Waals surface area contributed by atoms with Crippen molar-refractivity contribution in [3.05, 3.63) is 40.6 Å². The minimum absolute atomic E-state index is 0.0876. The predicted octanol–water partition coefficient (Wildman–Crippen LogP) is 0.632. The van der Waals surface area contributed by atoms with E-state index in [1.165, 1.54) is 24.3 Å². The molecule has 1 heterocycles. The van der Waals surface area contributed by atoms with Crippen molar-refractivity contribution in [2.75, 3.05) is 0 Å². The number of non-ortho nitro benzene ring substituents is 1. The Morgan fingerprint density at radius 2 is 1.89 bits per heavy atom. The second kappa shape index (κ2) is 4.20. The van der Waals surface area contributed by atoms with Gasteiger partial charge in [-0.25, -0.2) is 13.6 Å². The Hall–Kier alpha value is -2.26. The van der Waals surface area contributed by atoms with Gasteiger partial charge < -0.3 is 0 Å².